The highest BCUT2D eigenvalue weighted by atomic mass is 19.1. The Bertz CT molecular complexity index is 410. The molecule has 1 aliphatic heterocycles. The Morgan fingerprint density at radius 1 is 1.53 bits per heavy atom. The molecule has 0 saturated carbocycles. The number of piperazine rings is 1. The van der Waals surface area contributed by atoms with Gasteiger partial charge in [0.05, 0.1) is 5.69 Å². The van der Waals surface area contributed by atoms with Crippen LogP contribution in [0.1, 0.15) is 6.92 Å². The molecule has 0 spiro atoms. The van der Waals surface area contributed by atoms with E-state index >= 15 is 0 Å². The van der Waals surface area contributed by atoms with Crippen LogP contribution in [0.5, 0.6) is 0 Å². The van der Waals surface area contributed by atoms with Gasteiger partial charge in [-0.1, -0.05) is 12.1 Å². The third kappa shape index (κ3) is 2.94. The normalized spacial score (nSPS) is 20.1. The van der Waals surface area contributed by atoms with Crippen LogP contribution in [0, 0.1) is 5.82 Å². The first-order valence-electron chi connectivity index (χ1n) is 5.70. The number of nitrogens with zero attached hydrogens (tertiary/aromatic N) is 1. The average molecular weight is 237 g/mol. The van der Waals surface area contributed by atoms with Crippen molar-refractivity contribution in [2.45, 2.75) is 13.0 Å². The Balaban J connectivity index is 1.99. The molecule has 4 nitrogen and oxygen atoms in total. The lowest BCUT2D eigenvalue weighted by Gasteiger charge is -2.31. The van der Waals surface area contributed by atoms with E-state index < -0.39 is 5.82 Å². The summed E-state index contributed by atoms with van der Waals surface area (Å²) in [7, 11) is 0. The molecular weight excluding hydrogens is 221 g/mol. The summed E-state index contributed by atoms with van der Waals surface area (Å²) in [5, 5.41) is 5.83. The van der Waals surface area contributed by atoms with Gasteiger partial charge in [-0.05, 0) is 19.1 Å². The predicted molar refractivity (Wildman–Crippen MR) is 64.5 cm³/mol. The molecule has 1 saturated heterocycles. The van der Waals surface area contributed by atoms with Gasteiger partial charge in [-0.2, -0.15) is 0 Å². The highest BCUT2D eigenvalue weighted by Crippen LogP contribution is 2.13. The molecule has 2 N–H and O–H groups in total. The van der Waals surface area contributed by atoms with Crippen molar-refractivity contribution < 1.29 is 9.18 Å². The molecule has 0 bridgehead atoms. The van der Waals surface area contributed by atoms with E-state index in [1.807, 2.05) is 6.92 Å². The smallest absolute Gasteiger partial charge is 0.322 e. The van der Waals surface area contributed by atoms with Crippen molar-refractivity contribution in [2.24, 2.45) is 0 Å². The molecule has 0 aromatic heterocycles. The van der Waals surface area contributed by atoms with Crippen molar-refractivity contribution in [3.8, 4) is 0 Å². The summed E-state index contributed by atoms with van der Waals surface area (Å²) in [5.41, 5.74) is 0.226. The number of hydrogen-bond acceptors (Lipinski definition) is 2. The summed E-state index contributed by atoms with van der Waals surface area (Å²) < 4.78 is 13.3. The number of amides is 2. The predicted octanol–water partition coefficient (Wildman–Crippen LogP) is 1.65. The monoisotopic (exact) mass is 237 g/mol. The molecule has 2 rings (SSSR count). The van der Waals surface area contributed by atoms with E-state index in [0.29, 0.717) is 13.1 Å². The van der Waals surface area contributed by atoms with E-state index in [-0.39, 0.29) is 17.8 Å². The van der Waals surface area contributed by atoms with E-state index in [0.717, 1.165) is 6.54 Å². The number of nitrogens with one attached hydrogen (secondary N) is 2. The Labute approximate surface area is 99.8 Å². The Morgan fingerprint density at radius 2 is 2.29 bits per heavy atom. The molecule has 0 aliphatic carbocycles. The van der Waals surface area contributed by atoms with Crippen LogP contribution < -0.4 is 10.6 Å². The largest absolute Gasteiger partial charge is 0.322 e. The first-order valence-corrected chi connectivity index (χ1v) is 5.70. The molecule has 2 amide bonds. The topological polar surface area (TPSA) is 44.4 Å². The summed E-state index contributed by atoms with van der Waals surface area (Å²) in [5.74, 6) is -0.413. The Hall–Kier alpha value is -1.62. The molecule has 0 radical (unpaired) electrons. The third-order valence-electron chi connectivity index (χ3n) is 2.77. The van der Waals surface area contributed by atoms with Crippen LogP contribution in [0.3, 0.4) is 0 Å². The number of urea groups is 1. The van der Waals surface area contributed by atoms with Gasteiger partial charge in [0.1, 0.15) is 5.82 Å². The highest BCUT2D eigenvalue weighted by Gasteiger charge is 2.20. The van der Waals surface area contributed by atoms with Gasteiger partial charge < -0.3 is 15.5 Å². The van der Waals surface area contributed by atoms with Crippen LogP contribution in [-0.2, 0) is 0 Å². The first kappa shape index (κ1) is 11.9. The Kier molecular flexibility index (Phi) is 3.58. The SMILES string of the molecule is C[C@@H]1CN(C(=O)Nc2ccccc2F)CCN1. The van der Waals surface area contributed by atoms with Gasteiger partial charge in [-0.25, -0.2) is 9.18 Å². The van der Waals surface area contributed by atoms with Crippen molar-refractivity contribution in [3.63, 3.8) is 0 Å². The molecule has 1 fully saturated rings. The van der Waals surface area contributed by atoms with Crippen molar-refractivity contribution >= 4 is 11.7 Å². The lowest BCUT2D eigenvalue weighted by Crippen LogP contribution is -2.52. The van der Waals surface area contributed by atoms with Crippen LogP contribution in [-0.4, -0.2) is 36.6 Å². The second-order valence-corrected chi connectivity index (χ2v) is 4.21. The molecule has 1 atom stereocenters. The van der Waals surface area contributed by atoms with E-state index in [1.165, 1.54) is 6.07 Å². The second kappa shape index (κ2) is 5.14. The van der Waals surface area contributed by atoms with Crippen LogP contribution in [0.15, 0.2) is 24.3 Å². The van der Waals surface area contributed by atoms with Crippen LogP contribution in [0.25, 0.3) is 0 Å². The molecule has 5 heteroatoms. The molecular formula is C12H16FN3O. The zero-order chi connectivity index (χ0) is 12.3. The second-order valence-electron chi connectivity index (χ2n) is 4.21. The van der Waals surface area contributed by atoms with E-state index in [1.54, 1.807) is 23.1 Å². The van der Waals surface area contributed by atoms with Gasteiger partial charge >= 0.3 is 6.03 Å². The third-order valence-corrected chi connectivity index (χ3v) is 2.77. The lowest BCUT2D eigenvalue weighted by molar-refractivity contribution is 0.192. The fourth-order valence-electron chi connectivity index (χ4n) is 1.87. The minimum atomic E-state index is -0.413. The van der Waals surface area contributed by atoms with Gasteiger partial charge in [0.2, 0.25) is 0 Å². The van der Waals surface area contributed by atoms with Gasteiger partial charge in [-0.3, -0.25) is 0 Å². The lowest BCUT2D eigenvalue weighted by atomic mass is 10.2. The number of para-hydroxylation sites is 1. The van der Waals surface area contributed by atoms with Crippen molar-refractivity contribution in [2.75, 3.05) is 25.0 Å². The number of rotatable bonds is 1. The quantitative estimate of drug-likeness (QED) is 0.780. The molecule has 1 heterocycles. The fraction of sp³-hybridized carbons (Fsp3) is 0.417. The molecule has 1 aliphatic rings. The summed E-state index contributed by atoms with van der Waals surface area (Å²) in [6, 6.07) is 6.20. The minimum absolute atomic E-state index is 0.226. The van der Waals surface area contributed by atoms with Crippen molar-refractivity contribution in [3.05, 3.63) is 30.1 Å². The average Bonchev–Trinajstić information content (AvgIpc) is 2.32. The van der Waals surface area contributed by atoms with Gasteiger partial charge in [-0.15, -0.1) is 0 Å². The zero-order valence-corrected chi connectivity index (χ0v) is 9.74. The molecule has 1 aromatic carbocycles. The number of benzene rings is 1. The number of carbonyl (C=O) groups excluding carboxylic acids is 1. The maximum absolute atomic E-state index is 13.3. The highest BCUT2D eigenvalue weighted by molar-refractivity contribution is 5.89. The van der Waals surface area contributed by atoms with Crippen LogP contribution >= 0.6 is 0 Å². The molecule has 1 aromatic rings. The number of anilines is 1. The van der Waals surface area contributed by atoms with E-state index in [9.17, 15) is 9.18 Å². The summed E-state index contributed by atoms with van der Waals surface area (Å²) >= 11 is 0. The van der Waals surface area contributed by atoms with Gasteiger partial charge in [0.15, 0.2) is 0 Å². The van der Waals surface area contributed by atoms with Crippen LogP contribution in [0.2, 0.25) is 0 Å². The number of carbonyl (C=O) groups is 1. The minimum Gasteiger partial charge on any atom is -0.322 e. The summed E-state index contributed by atoms with van der Waals surface area (Å²) in [4.78, 5) is 13.6. The number of halogens is 1. The maximum Gasteiger partial charge on any atom is 0.322 e. The maximum atomic E-state index is 13.3. The van der Waals surface area contributed by atoms with Gasteiger partial charge in [0, 0.05) is 25.7 Å². The van der Waals surface area contributed by atoms with E-state index in [4.69, 9.17) is 0 Å². The Morgan fingerprint density at radius 3 is 3.00 bits per heavy atom. The first-order chi connectivity index (χ1) is 8.16. The molecule has 0 unspecified atom stereocenters. The number of hydrogen-bond donors (Lipinski definition) is 2. The van der Waals surface area contributed by atoms with Crippen molar-refractivity contribution in [1.29, 1.82) is 0 Å². The van der Waals surface area contributed by atoms with Gasteiger partial charge in [0.25, 0.3) is 0 Å². The van der Waals surface area contributed by atoms with Crippen LogP contribution in [0.4, 0.5) is 14.9 Å². The zero-order valence-electron chi connectivity index (χ0n) is 9.74. The standard InChI is InChI=1S/C12H16FN3O/c1-9-8-16(7-6-14-9)12(17)15-11-5-3-2-4-10(11)13/h2-5,9,14H,6-8H2,1H3,(H,15,17)/t9-/m1/s1. The van der Waals surface area contributed by atoms with Crippen molar-refractivity contribution in [1.82, 2.24) is 10.2 Å². The summed E-state index contributed by atoms with van der Waals surface area (Å²) in [6.45, 7) is 4.07. The fourth-order valence-corrected chi connectivity index (χ4v) is 1.87. The summed E-state index contributed by atoms with van der Waals surface area (Å²) in [6.07, 6.45) is 0. The molecule has 92 valence electrons. The van der Waals surface area contributed by atoms with E-state index in [2.05, 4.69) is 10.6 Å². The molecule has 17 heavy (non-hydrogen) atoms.